The van der Waals surface area contributed by atoms with Gasteiger partial charge in [-0.25, -0.2) is 4.39 Å². The van der Waals surface area contributed by atoms with E-state index in [2.05, 4.69) is 0 Å². The Morgan fingerprint density at radius 2 is 1.92 bits per heavy atom. The second kappa shape index (κ2) is 4.11. The average molecular weight is 184 g/mol. The molecule has 2 N–H and O–H groups in total. The third kappa shape index (κ3) is 2.34. The molecule has 3 nitrogen and oxygen atoms in total. The lowest BCUT2D eigenvalue weighted by Crippen LogP contribution is -2.15. The Morgan fingerprint density at radius 3 is 2.38 bits per heavy atom. The molecular weight excluding hydrogens is 175 g/mol. The van der Waals surface area contributed by atoms with Gasteiger partial charge in [0.25, 0.3) is 0 Å². The van der Waals surface area contributed by atoms with Crippen LogP contribution in [-0.4, -0.2) is 22.6 Å². The van der Waals surface area contributed by atoms with Gasteiger partial charge in [0.2, 0.25) is 0 Å². The highest BCUT2D eigenvalue weighted by atomic mass is 19.1. The van der Waals surface area contributed by atoms with Crippen molar-refractivity contribution < 1.29 is 19.4 Å². The van der Waals surface area contributed by atoms with Gasteiger partial charge in [0, 0.05) is 0 Å². The molecule has 0 radical (unpaired) electrons. The lowest BCUT2D eigenvalue weighted by atomic mass is 10.1. The largest absolute Gasteiger partial charge is 0.388 e. The van der Waals surface area contributed by atoms with Crippen molar-refractivity contribution >= 4 is 5.78 Å². The van der Waals surface area contributed by atoms with Crippen molar-refractivity contribution in [3.63, 3.8) is 0 Å². The summed E-state index contributed by atoms with van der Waals surface area (Å²) in [5, 5.41) is 17.7. The van der Waals surface area contributed by atoms with Crippen molar-refractivity contribution in [3.8, 4) is 0 Å². The van der Waals surface area contributed by atoms with E-state index in [1.807, 2.05) is 0 Å². The first-order valence-corrected chi connectivity index (χ1v) is 3.72. The Kier molecular flexibility index (Phi) is 3.11. The van der Waals surface area contributed by atoms with E-state index < -0.39 is 24.3 Å². The van der Waals surface area contributed by atoms with Crippen LogP contribution in [0.3, 0.4) is 0 Å². The number of carbonyl (C=O) groups is 1. The molecule has 0 fully saturated rings. The van der Waals surface area contributed by atoms with Gasteiger partial charge in [0.15, 0.2) is 5.78 Å². The summed E-state index contributed by atoms with van der Waals surface area (Å²) in [4.78, 5) is 10.8. The van der Waals surface area contributed by atoms with Crippen LogP contribution in [0.5, 0.6) is 0 Å². The number of aliphatic hydroxyl groups excluding tert-OH is 2. The fourth-order valence-electron chi connectivity index (χ4n) is 0.917. The van der Waals surface area contributed by atoms with Gasteiger partial charge >= 0.3 is 0 Å². The van der Waals surface area contributed by atoms with Crippen molar-refractivity contribution in [1.29, 1.82) is 0 Å². The van der Waals surface area contributed by atoms with Crippen LogP contribution in [0.25, 0.3) is 0 Å². The van der Waals surface area contributed by atoms with Crippen molar-refractivity contribution in [2.24, 2.45) is 0 Å². The zero-order valence-electron chi connectivity index (χ0n) is 6.77. The fraction of sp³-hybridized carbons (Fsp3) is 0.222. The molecule has 0 amide bonds. The molecule has 4 heteroatoms. The number of rotatable bonds is 3. The van der Waals surface area contributed by atoms with Crippen molar-refractivity contribution in [1.82, 2.24) is 0 Å². The summed E-state index contributed by atoms with van der Waals surface area (Å²) in [5.41, 5.74) is 0.278. The van der Waals surface area contributed by atoms with Gasteiger partial charge < -0.3 is 10.2 Å². The number of ketones is 1. The molecule has 0 aliphatic heterocycles. The number of hydrogen-bond donors (Lipinski definition) is 2. The van der Waals surface area contributed by atoms with E-state index in [0.717, 1.165) is 12.1 Å². The van der Waals surface area contributed by atoms with Crippen LogP contribution in [0.4, 0.5) is 4.39 Å². The Bertz CT molecular complexity index is 294. The highest BCUT2D eigenvalue weighted by Crippen LogP contribution is 2.13. The first-order chi connectivity index (χ1) is 6.15. The SMILES string of the molecule is O=C(CO)C(O)c1ccc(F)cc1. The van der Waals surface area contributed by atoms with E-state index in [0.29, 0.717) is 0 Å². The standard InChI is InChI=1S/C9H9FO3/c10-7-3-1-6(2-4-7)9(13)8(12)5-11/h1-4,9,11,13H,5H2. The maximum absolute atomic E-state index is 12.4. The zero-order chi connectivity index (χ0) is 9.84. The van der Waals surface area contributed by atoms with E-state index in [1.165, 1.54) is 12.1 Å². The summed E-state index contributed by atoms with van der Waals surface area (Å²) < 4.78 is 12.4. The minimum absolute atomic E-state index is 0.278. The van der Waals surface area contributed by atoms with Gasteiger partial charge in [-0.2, -0.15) is 0 Å². The second-order valence-electron chi connectivity index (χ2n) is 2.58. The third-order valence-electron chi connectivity index (χ3n) is 1.65. The van der Waals surface area contributed by atoms with Crippen molar-refractivity contribution in [2.75, 3.05) is 6.61 Å². The van der Waals surface area contributed by atoms with Crippen LogP contribution in [-0.2, 0) is 4.79 Å². The van der Waals surface area contributed by atoms with E-state index in [-0.39, 0.29) is 5.56 Å². The molecule has 1 unspecified atom stereocenters. The summed E-state index contributed by atoms with van der Waals surface area (Å²) in [5.74, 6) is -1.14. The first-order valence-electron chi connectivity index (χ1n) is 3.72. The second-order valence-corrected chi connectivity index (χ2v) is 2.58. The summed E-state index contributed by atoms with van der Waals surface area (Å²) in [6, 6.07) is 4.88. The first kappa shape index (κ1) is 9.83. The molecule has 0 aliphatic rings. The predicted octanol–water partition coefficient (Wildman–Crippen LogP) is 0.420. The molecule has 0 spiro atoms. The minimum atomic E-state index is -1.37. The maximum atomic E-state index is 12.4. The number of carbonyl (C=O) groups excluding carboxylic acids is 1. The van der Waals surface area contributed by atoms with Gasteiger partial charge in [0.05, 0.1) is 0 Å². The lowest BCUT2D eigenvalue weighted by Gasteiger charge is -2.07. The lowest BCUT2D eigenvalue weighted by molar-refractivity contribution is -0.130. The van der Waals surface area contributed by atoms with Crippen LogP contribution < -0.4 is 0 Å². The van der Waals surface area contributed by atoms with E-state index >= 15 is 0 Å². The molecule has 0 saturated heterocycles. The number of benzene rings is 1. The van der Waals surface area contributed by atoms with E-state index in [9.17, 15) is 14.3 Å². The normalized spacial score (nSPS) is 12.5. The predicted molar refractivity (Wildman–Crippen MR) is 43.5 cm³/mol. The smallest absolute Gasteiger partial charge is 0.191 e. The third-order valence-corrected chi connectivity index (χ3v) is 1.65. The van der Waals surface area contributed by atoms with Crippen LogP contribution in [0.2, 0.25) is 0 Å². The summed E-state index contributed by atoms with van der Waals surface area (Å²) in [6.07, 6.45) is -1.37. The highest BCUT2D eigenvalue weighted by molar-refractivity contribution is 5.84. The molecule has 0 aliphatic carbocycles. The maximum Gasteiger partial charge on any atom is 0.191 e. The molecule has 0 saturated carbocycles. The highest BCUT2D eigenvalue weighted by Gasteiger charge is 2.15. The van der Waals surface area contributed by atoms with Gasteiger partial charge in [0.1, 0.15) is 18.5 Å². The summed E-state index contributed by atoms with van der Waals surface area (Å²) in [7, 11) is 0. The van der Waals surface area contributed by atoms with Crippen LogP contribution >= 0.6 is 0 Å². The minimum Gasteiger partial charge on any atom is -0.388 e. The van der Waals surface area contributed by atoms with E-state index in [1.54, 1.807) is 0 Å². The van der Waals surface area contributed by atoms with Gasteiger partial charge in [-0.15, -0.1) is 0 Å². The molecule has 0 bridgehead atoms. The monoisotopic (exact) mass is 184 g/mol. The number of halogens is 1. The number of Topliss-reactive ketones (excluding diaryl/α,β-unsaturated/α-hetero) is 1. The van der Waals surface area contributed by atoms with Crippen LogP contribution in [0.1, 0.15) is 11.7 Å². The van der Waals surface area contributed by atoms with Crippen LogP contribution in [0.15, 0.2) is 24.3 Å². The Morgan fingerprint density at radius 1 is 1.38 bits per heavy atom. The Labute approximate surface area is 74.4 Å². The van der Waals surface area contributed by atoms with Crippen molar-refractivity contribution in [3.05, 3.63) is 35.6 Å². The van der Waals surface area contributed by atoms with Gasteiger partial charge in [-0.1, -0.05) is 12.1 Å². The van der Waals surface area contributed by atoms with Gasteiger partial charge in [-0.05, 0) is 17.7 Å². The molecule has 1 aromatic carbocycles. The quantitative estimate of drug-likeness (QED) is 0.715. The number of hydrogen-bond acceptors (Lipinski definition) is 3. The molecule has 13 heavy (non-hydrogen) atoms. The molecule has 70 valence electrons. The van der Waals surface area contributed by atoms with Gasteiger partial charge in [-0.3, -0.25) is 4.79 Å². The molecule has 1 rings (SSSR count). The zero-order valence-corrected chi connectivity index (χ0v) is 6.77. The average Bonchev–Trinajstić information content (AvgIpc) is 2.17. The van der Waals surface area contributed by atoms with E-state index in [4.69, 9.17) is 5.11 Å². The molecular formula is C9H9FO3. The Balaban J connectivity index is 2.83. The summed E-state index contributed by atoms with van der Waals surface area (Å²) >= 11 is 0. The molecule has 1 aromatic rings. The summed E-state index contributed by atoms with van der Waals surface area (Å²) in [6.45, 7) is -0.724. The van der Waals surface area contributed by atoms with Crippen LogP contribution in [0, 0.1) is 5.82 Å². The Hall–Kier alpha value is -1.26. The number of aliphatic hydroxyl groups is 2. The fourth-order valence-corrected chi connectivity index (χ4v) is 0.917. The molecule has 1 atom stereocenters. The topological polar surface area (TPSA) is 57.5 Å². The molecule has 0 aromatic heterocycles. The van der Waals surface area contributed by atoms with Crippen molar-refractivity contribution in [2.45, 2.75) is 6.10 Å². The molecule has 0 heterocycles.